The molecule has 11 aromatic rings. The van der Waals surface area contributed by atoms with Crippen molar-refractivity contribution in [1.29, 1.82) is 47.4 Å². The molecule has 0 fully saturated rings. The SMILES string of the molecule is N#Cc1cc(C#N)cc(-c2ccc3c4ccc(-c5cc(C#N)cc(C#N)c5)cc4n(-c4cc(C#N)cc(-n5c6cc(-c7cc(C#N)cc(C#N)c7)ccc6c6ccc(-c7cc(C#N)cc(C#N)c7)cc65)c4C4=C(C(F)(F)F)C=CCC4C(F)(F)F)c3c2)c1. The van der Waals surface area contributed by atoms with E-state index in [2.05, 4.69) is 54.6 Å². The zero-order valence-corrected chi connectivity index (χ0v) is 45.1. The second-order valence-corrected chi connectivity index (χ2v) is 20.7. The maximum absolute atomic E-state index is 16.3. The predicted octanol–water partition coefficient (Wildman–Crippen LogP) is 16.8. The number of aromatic nitrogens is 2. The minimum Gasteiger partial charge on any atom is -0.308 e. The Labute approximate surface area is 496 Å². The number of fused-ring (bicyclic) bond motifs is 6. The third kappa shape index (κ3) is 9.57. The van der Waals surface area contributed by atoms with E-state index >= 15 is 26.3 Å². The first kappa shape index (κ1) is 55.6. The van der Waals surface area contributed by atoms with E-state index in [1.54, 1.807) is 72.8 Å². The van der Waals surface area contributed by atoms with Gasteiger partial charge in [0.1, 0.15) is 0 Å². The molecule has 1 aliphatic carbocycles. The Hall–Kier alpha value is -13.0. The first-order chi connectivity index (χ1) is 42.4. The number of benzene rings is 9. The molecule has 0 N–H and O–H groups in total. The standard InChI is InChI=1S/C71H31F6N11/c72-70(73,74)60-2-1-3-61(71(75,76)77)68(60)69-66(87-62-26-48(52-16-39(30-78)12-40(17-52)31-79)4-8-56(62)57-9-5-49(27-63(57)87)53-18-41(32-80)13-42(19-53)33-81)24-47(38-86)25-67(69)88-64-28-50(54-20-43(34-82)14-44(21-54)35-83)6-10-58(64)59-11-7-51(29-65(59)88)55-22-45(36-84)15-46(23-55)37-85/h1-2,4-29,61H,3H2. The molecule has 0 spiro atoms. The summed E-state index contributed by atoms with van der Waals surface area (Å²) in [4.78, 5) is 0. The number of alkyl halides is 6. The van der Waals surface area contributed by atoms with Crippen LogP contribution in [0.5, 0.6) is 0 Å². The summed E-state index contributed by atoms with van der Waals surface area (Å²) in [5.74, 6) is -2.84. The molecule has 0 amide bonds. The van der Waals surface area contributed by atoms with E-state index in [9.17, 15) is 47.4 Å². The smallest absolute Gasteiger partial charge is 0.308 e. The van der Waals surface area contributed by atoms with Crippen molar-refractivity contribution in [2.24, 2.45) is 5.92 Å². The molecule has 17 heteroatoms. The van der Waals surface area contributed by atoms with Crippen LogP contribution < -0.4 is 0 Å². The summed E-state index contributed by atoms with van der Waals surface area (Å²) in [6, 6.07) is 58.6. The van der Waals surface area contributed by atoms with Gasteiger partial charge in [0.15, 0.2) is 0 Å². The first-order valence-corrected chi connectivity index (χ1v) is 26.5. The highest BCUT2D eigenvalue weighted by Gasteiger charge is 2.49. The van der Waals surface area contributed by atoms with E-state index in [1.165, 1.54) is 94.1 Å². The molecule has 2 aromatic heterocycles. The normalized spacial score (nSPS) is 13.0. The summed E-state index contributed by atoms with van der Waals surface area (Å²) >= 11 is 0. The van der Waals surface area contributed by atoms with Crippen molar-refractivity contribution >= 4 is 49.2 Å². The van der Waals surface area contributed by atoms with Crippen LogP contribution in [0.15, 0.2) is 175 Å². The predicted molar refractivity (Wildman–Crippen MR) is 316 cm³/mol. The third-order valence-electron chi connectivity index (χ3n) is 15.6. The Kier molecular flexibility index (Phi) is 13.5. The van der Waals surface area contributed by atoms with Crippen molar-refractivity contribution in [3.63, 3.8) is 0 Å². The minimum absolute atomic E-state index is 0.114. The zero-order valence-electron chi connectivity index (χ0n) is 45.1. The van der Waals surface area contributed by atoms with Gasteiger partial charge in [-0.3, -0.25) is 0 Å². The fourth-order valence-corrected chi connectivity index (χ4v) is 11.8. The average Bonchev–Trinajstić information content (AvgIpc) is 1.47. The van der Waals surface area contributed by atoms with E-state index in [1.807, 2.05) is 0 Å². The Morgan fingerprint density at radius 3 is 0.830 bits per heavy atom. The van der Waals surface area contributed by atoms with E-state index in [4.69, 9.17) is 0 Å². The lowest BCUT2D eigenvalue weighted by Gasteiger charge is -2.32. The Bertz CT molecular complexity index is 4730. The largest absolute Gasteiger partial charge is 0.416 e. The number of nitrogens with zero attached hydrogens (tertiary/aromatic N) is 11. The summed E-state index contributed by atoms with van der Waals surface area (Å²) in [5.41, 5.74) is 0.223. The summed E-state index contributed by atoms with van der Waals surface area (Å²) in [5, 5.41) is 93.5. The van der Waals surface area contributed by atoms with Gasteiger partial charge >= 0.3 is 12.4 Å². The van der Waals surface area contributed by atoms with Crippen molar-refractivity contribution in [2.75, 3.05) is 0 Å². The Morgan fingerprint density at radius 1 is 0.330 bits per heavy atom. The minimum atomic E-state index is -5.46. The maximum Gasteiger partial charge on any atom is 0.416 e. The lowest BCUT2D eigenvalue weighted by atomic mass is 9.80. The van der Waals surface area contributed by atoms with Gasteiger partial charge in [-0.15, -0.1) is 0 Å². The van der Waals surface area contributed by atoms with Crippen LogP contribution in [0.1, 0.15) is 62.1 Å². The second kappa shape index (κ2) is 21.3. The summed E-state index contributed by atoms with van der Waals surface area (Å²) in [6.07, 6.45) is -10.3. The number of hydrogen-bond acceptors (Lipinski definition) is 9. The molecule has 88 heavy (non-hydrogen) atoms. The Morgan fingerprint density at radius 2 is 0.591 bits per heavy atom. The van der Waals surface area contributed by atoms with Gasteiger partial charge in [0.05, 0.1) is 150 Å². The fourth-order valence-electron chi connectivity index (χ4n) is 11.8. The van der Waals surface area contributed by atoms with Crippen LogP contribution in [-0.4, -0.2) is 21.5 Å². The van der Waals surface area contributed by atoms with Gasteiger partial charge in [-0.05, 0) is 166 Å². The van der Waals surface area contributed by atoms with Gasteiger partial charge in [0.25, 0.3) is 0 Å². The quantitative estimate of drug-likeness (QED) is 0.138. The highest BCUT2D eigenvalue weighted by atomic mass is 19.4. The lowest BCUT2D eigenvalue weighted by molar-refractivity contribution is -0.158. The zero-order chi connectivity index (χ0) is 61.9. The highest BCUT2D eigenvalue weighted by Crippen LogP contribution is 2.53. The number of rotatable bonds is 7. The van der Waals surface area contributed by atoms with E-state index in [0.29, 0.717) is 72.1 Å². The van der Waals surface area contributed by atoms with Crippen LogP contribution >= 0.6 is 0 Å². The molecule has 0 bridgehead atoms. The van der Waals surface area contributed by atoms with Crippen molar-refractivity contribution in [2.45, 2.75) is 18.8 Å². The number of allylic oxidation sites excluding steroid dienone is 4. The third-order valence-corrected chi connectivity index (χ3v) is 15.6. The molecule has 0 radical (unpaired) electrons. The Balaban J connectivity index is 1.32. The van der Waals surface area contributed by atoms with Gasteiger partial charge in [-0.2, -0.15) is 73.7 Å². The molecule has 0 saturated carbocycles. The molecule has 1 aliphatic rings. The van der Waals surface area contributed by atoms with Crippen molar-refractivity contribution in [1.82, 2.24) is 9.13 Å². The molecule has 12 rings (SSSR count). The monoisotopic (exact) mass is 1150 g/mol. The van der Waals surface area contributed by atoms with E-state index in [0.717, 1.165) is 6.08 Å². The fraction of sp³-hybridized carbons (Fsp3) is 0.0563. The molecule has 2 heterocycles. The molecule has 0 saturated heterocycles. The molecular weight excluding hydrogens is 1120 g/mol. The van der Waals surface area contributed by atoms with E-state index in [-0.39, 0.29) is 83.5 Å². The average molecular weight is 1150 g/mol. The summed E-state index contributed by atoms with van der Waals surface area (Å²) in [7, 11) is 0. The van der Waals surface area contributed by atoms with Gasteiger partial charge in [0, 0.05) is 27.1 Å². The van der Waals surface area contributed by atoms with E-state index < -0.39 is 41.4 Å². The molecule has 1 unspecified atom stereocenters. The van der Waals surface area contributed by atoms with Crippen LogP contribution in [0.2, 0.25) is 0 Å². The number of halogens is 6. The molecular formula is C71H31F6N11. The van der Waals surface area contributed by atoms with Crippen LogP contribution in [0.3, 0.4) is 0 Å². The summed E-state index contributed by atoms with van der Waals surface area (Å²) in [6.45, 7) is 0. The first-order valence-electron chi connectivity index (χ1n) is 26.5. The highest BCUT2D eigenvalue weighted by molar-refractivity contribution is 6.14. The molecule has 9 aromatic carbocycles. The van der Waals surface area contributed by atoms with Crippen molar-refractivity contribution in [3.8, 4) is 111 Å². The van der Waals surface area contributed by atoms with Crippen LogP contribution in [0, 0.1) is 108 Å². The van der Waals surface area contributed by atoms with Crippen LogP contribution in [0.4, 0.5) is 26.3 Å². The maximum atomic E-state index is 16.3. The van der Waals surface area contributed by atoms with Crippen LogP contribution in [-0.2, 0) is 0 Å². The van der Waals surface area contributed by atoms with Gasteiger partial charge < -0.3 is 9.13 Å². The molecule has 1 atom stereocenters. The van der Waals surface area contributed by atoms with Gasteiger partial charge in [-0.25, -0.2) is 0 Å². The van der Waals surface area contributed by atoms with Crippen molar-refractivity contribution < 1.29 is 26.3 Å². The number of nitriles is 9. The van der Waals surface area contributed by atoms with Crippen molar-refractivity contribution in [3.05, 3.63) is 231 Å². The number of hydrogen-bond donors (Lipinski definition) is 0. The second-order valence-electron chi connectivity index (χ2n) is 20.7. The molecule has 412 valence electrons. The van der Waals surface area contributed by atoms with Gasteiger partial charge in [0.2, 0.25) is 0 Å². The lowest BCUT2D eigenvalue weighted by Crippen LogP contribution is -2.30. The molecule has 0 aliphatic heterocycles. The van der Waals surface area contributed by atoms with Gasteiger partial charge in [-0.1, -0.05) is 60.7 Å². The molecule has 11 nitrogen and oxygen atoms in total. The topological polar surface area (TPSA) is 224 Å². The summed E-state index contributed by atoms with van der Waals surface area (Å²) < 4.78 is 101. The van der Waals surface area contributed by atoms with Crippen LogP contribution in [0.25, 0.3) is 105 Å².